The first-order chi connectivity index (χ1) is 9.38. The average molecular weight is 278 g/mol. The van der Waals surface area contributed by atoms with Crippen LogP contribution in [0.4, 0.5) is 4.39 Å². The number of halogens is 1. The average Bonchev–Trinajstić information content (AvgIpc) is 2.68. The van der Waals surface area contributed by atoms with Crippen LogP contribution in [0.3, 0.4) is 0 Å². The van der Waals surface area contributed by atoms with E-state index in [0.29, 0.717) is 23.7 Å². The van der Waals surface area contributed by atoms with Crippen LogP contribution in [0, 0.1) is 19.7 Å². The van der Waals surface area contributed by atoms with Crippen molar-refractivity contribution in [2.45, 2.75) is 52.7 Å². The number of likely N-dealkylation sites (tertiary alicyclic amines) is 1. The Morgan fingerprint density at radius 1 is 1.35 bits per heavy atom. The first-order valence-electron chi connectivity index (χ1n) is 7.19. The van der Waals surface area contributed by atoms with E-state index >= 15 is 0 Å². The standard InChI is InChI=1S/C16H23FN2O/c1-10(2)18-14-5-6-19(16(14)20)9-13-7-11(3)15(17)12(4)8-13/h7-8,10,14,18H,5-6,9H2,1-4H3. The fourth-order valence-corrected chi connectivity index (χ4v) is 2.80. The van der Waals surface area contributed by atoms with Gasteiger partial charge in [-0.25, -0.2) is 4.39 Å². The molecule has 1 heterocycles. The third-order valence-corrected chi connectivity index (χ3v) is 3.70. The molecule has 0 aromatic heterocycles. The summed E-state index contributed by atoms with van der Waals surface area (Å²) in [6, 6.07) is 3.90. The van der Waals surface area contributed by atoms with Gasteiger partial charge in [0.25, 0.3) is 0 Å². The van der Waals surface area contributed by atoms with E-state index in [0.717, 1.165) is 18.5 Å². The van der Waals surface area contributed by atoms with E-state index in [1.54, 1.807) is 13.8 Å². The minimum atomic E-state index is -0.152. The van der Waals surface area contributed by atoms with Gasteiger partial charge < -0.3 is 10.2 Å². The fraction of sp³-hybridized carbons (Fsp3) is 0.562. The van der Waals surface area contributed by atoms with Crippen molar-refractivity contribution in [1.82, 2.24) is 10.2 Å². The molecule has 1 saturated heterocycles. The lowest BCUT2D eigenvalue weighted by molar-refractivity contribution is -0.130. The number of benzene rings is 1. The van der Waals surface area contributed by atoms with Gasteiger partial charge in [-0.2, -0.15) is 0 Å². The van der Waals surface area contributed by atoms with Crippen molar-refractivity contribution in [3.05, 3.63) is 34.6 Å². The predicted molar refractivity (Wildman–Crippen MR) is 78.0 cm³/mol. The van der Waals surface area contributed by atoms with E-state index in [2.05, 4.69) is 5.32 Å². The lowest BCUT2D eigenvalue weighted by Crippen LogP contribution is -2.41. The molecule has 0 bridgehead atoms. The lowest BCUT2D eigenvalue weighted by atomic mass is 10.1. The van der Waals surface area contributed by atoms with Crippen LogP contribution in [-0.2, 0) is 11.3 Å². The van der Waals surface area contributed by atoms with Gasteiger partial charge in [0, 0.05) is 19.1 Å². The highest BCUT2D eigenvalue weighted by Gasteiger charge is 2.31. The smallest absolute Gasteiger partial charge is 0.240 e. The molecule has 1 fully saturated rings. The molecule has 1 aliphatic heterocycles. The number of nitrogens with zero attached hydrogens (tertiary/aromatic N) is 1. The Kier molecular flexibility index (Phi) is 4.43. The van der Waals surface area contributed by atoms with Crippen LogP contribution in [0.2, 0.25) is 0 Å². The maximum absolute atomic E-state index is 13.6. The number of hydrogen-bond acceptors (Lipinski definition) is 2. The molecular weight excluding hydrogens is 255 g/mol. The Morgan fingerprint density at radius 3 is 2.50 bits per heavy atom. The number of amides is 1. The zero-order chi connectivity index (χ0) is 14.9. The predicted octanol–water partition coefficient (Wildman–Crippen LogP) is 2.54. The third-order valence-electron chi connectivity index (χ3n) is 3.70. The normalized spacial score (nSPS) is 19.2. The van der Waals surface area contributed by atoms with E-state index in [4.69, 9.17) is 0 Å². The van der Waals surface area contributed by atoms with Crippen LogP contribution >= 0.6 is 0 Å². The molecule has 20 heavy (non-hydrogen) atoms. The SMILES string of the molecule is Cc1cc(CN2CCC(NC(C)C)C2=O)cc(C)c1F. The quantitative estimate of drug-likeness (QED) is 0.918. The minimum absolute atomic E-state index is 0.0716. The second kappa shape index (κ2) is 5.92. The first kappa shape index (κ1) is 15.0. The number of aryl methyl sites for hydroxylation is 2. The Balaban J connectivity index is 2.06. The zero-order valence-corrected chi connectivity index (χ0v) is 12.7. The maximum Gasteiger partial charge on any atom is 0.240 e. The summed E-state index contributed by atoms with van der Waals surface area (Å²) in [6.07, 6.45) is 0.843. The molecule has 1 amide bonds. The van der Waals surface area contributed by atoms with Gasteiger partial charge in [-0.1, -0.05) is 26.0 Å². The highest BCUT2D eigenvalue weighted by Crippen LogP contribution is 2.19. The molecule has 0 aliphatic carbocycles. The van der Waals surface area contributed by atoms with Crippen LogP contribution in [0.25, 0.3) is 0 Å². The van der Waals surface area contributed by atoms with Crippen LogP contribution in [0.15, 0.2) is 12.1 Å². The summed E-state index contributed by atoms with van der Waals surface area (Å²) in [5.74, 6) is -0.000759. The molecule has 1 aromatic rings. The van der Waals surface area contributed by atoms with E-state index in [1.165, 1.54) is 0 Å². The molecule has 1 N–H and O–H groups in total. The summed E-state index contributed by atoms with van der Waals surface area (Å²) in [5.41, 5.74) is 2.28. The highest BCUT2D eigenvalue weighted by molar-refractivity contribution is 5.84. The molecule has 0 radical (unpaired) electrons. The Morgan fingerprint density at radius 2 is 1.95 bits per heavy atom. The Labute approximate surface area is 120 Å². The third kappa shape index (κ3) is 3.18. The van der Waals surface area contributed by atoms with Gasteiger partial charge in [0.1, 0.15) is 5.82 Å². The van der Waals surface area contributed by atoms with Crippen molar-refractivity contribution in [3.63, 3.8) is 0 Å². The molecule has 3 nitrogen and oxygen atoms in total. The van der Waals surface area contributed by atoms with Gasteiger partial charge in [-0.15, -0.1) is 0 Å². The summed E-state index contributed by atoms with van der Waals surface area (Å²) in [5, 5.41) is 3.29. The molecule has 0 spiro atoms. The summed E-state index contributed by atoms with van der Waals surface area (Å²) in [6.45, 7) is 8.95. The van der Waals surface area contributed by atoms with Crippen molar-refractivity contribution >= 4 is 5.91 Å². The van der Waals surface area contributed by atoms with Crippen molar-refractivity contribution in [2.75, 3.05) is 6.54 Å². The van der Waals surface area contributed by atoms with E-state index in [9.17, 15) is 9.18 Å². The second-order valence-corrected chi connectivity index (χ2v) is 5.97. The van der Waals surface area contributed by atoms with Gasteiger partial charge >= 0.3 is 0 Å². The number of carbonyl (C=O) groups excluding carboxylic acids is 1. The van der Waals surface area contributed by atoms with Crippen molar-refractivity contribution in [1.29, 1.82) is 0 Å². The summed E-state index contributed by atoms with van der Waals surface area (Å²) < 4.78 is 13.6. The molecule has 0 saturated carbocycles. The molecule has 1 atom stereocenters. The second-order valence-electron chi connectivity index (χ2n) is 5.97. The molecule has 1 aromatic carbocycles. The van der Waals surface area contributed by atoms with E-state index in [1.807, 2.05) is 30.9 Å². The van der Waals surface area contributed by atoms with E-state index < -0.39 is 0 Å². The van der Waals surface area contributed by atoms with Gasteiger partial charge in [-0.3, -0.25) is 4.79 Å². The fourth-order valence-electron chi connectivity index (χ4n) is 2.80. The minimum Gasteiger partial charge on any atom is -0.337 e. The molecule has 110 valence electrons. The Bertz CT molecular complexity index is 490. The van der Waals surface area contributed by atoms with Gasteiger partial charge in [0.15, 0.2) is 0 Å². The Hall–Kier alpha value is -1.42. The first-order valence-corrected chi connectivity index (χ1v) is 7.19. The van der Waals surface area contributed by atoms with E-state index in [-0.39, 0.29) is 17.8 Å². The summed E-state index contributed by atoms with van der Waals surface area (Å²) in [4.78, 5) is 14.1. The van der Waals surface area contributed by atoms with Crippen LogP contribution in [-0.4, -0.2) is 29.4 Å². The highest BCUT2D eigenvalue weighted by atomic mass is 19.1. The zero-order valence-electron chi connectivity index (χ0n) is 12.7. The van der Waals surface area contributed by atoms with Gasteiger partial charge in [-0.05, 0) is 37.0 Å². The largest absolute Gasteiger partial charge is 0.337 e. The van der Waals surface area contributed by atoms with Crippen LogP contribution in [0.5, 0.6) is 0 Å². The number of carbonyl (C=O) groups is 1. The number of nitrogens with one attached hydrogen (secondary N) is 1. The molecule has 2 rings (SSSR count). The van der Waals surface area contributed by atoms with Crippen LogP contribution < -0.4 is 5.32 Å². The molecule has 1 unspecified atom stereocenters. The molecular formula is C16H23FN2O. The van der Waals surface area contributed by atoms with Gasteiger partial charge in [0.05, 0.1) is 6.04 Å². The van der Waals surface area contributed by atoms with Crippen molar-refractivity contribution in [3.8, 4) is 0 Å². The summed E-state index contributed by atoms with van der Waals surface area (Å²) in [7, 11) is 0. The molecule has 4 heteroatoms. The monoisotopic (exact) mass is 278 g/mol. The lowest BCUT2D eigenvalue weighted by Gasteiger charge is -2.19. The topological polar surface area (TPSA) is 32.3 Å². The van der Waals surface area contributed by atoms with Crippen molar-refractivity contribution < 1.29 is 9.18 Å². The number of rotatable bonds is 4. The van der Waals surface area contributed by atoms with Gasteiger partial charge in [0.2, 0.25) is 5.91 Å². The maximum atomic E-state index is 13.6. The number of hydrogen-bond donors (Lipinski definition) is 1. The van der Waals surface area contributed by atoms with Crippen molar-refractivity contribution in [2.24, 2.45) is 0 Å². The molecule has 1 aliphatic rings. The summed E-state index contributed by atoms with van der Waals surface area (Å²) >= 11 is 0. The van der Waals surface area contributed by atoms with Crippen LogP contribution in [0.1, 0.15) is 37.0 Å².